The van der Waals surface area contributed by atoms with Crippen LogP contribution in [0.3, 0.4) is 0 Å². The van der Waals surface area contributed by atoms with Gasteiger partial charge in [0.05, 0.1) is 27.5 Å². The molecule has 11 nitrogen and oxygen atoms in total. The number of likely N-dealkylation sites (N-methyl/N-ethyl adjacent to an activating group) is 1. The van der Waals surface area contributed by atoms with Crippen molar-refractivity contribution in [3.8, 4) is 5.75 Å². The highest BCUT2D eigenvalue weighted by molar-refractivity contribution is 9.10. The van der Waals surface area contributed by atoms with Crippen molar-refractivity contribution in [3.63, 3.8) is 0 Å². The number of ketones is 2. The van der Waals surface area contributed by atoms with Crippen LogP contribution in [0, 0.1) is 11.8 Å². The summed E-state index contributed by atoms with van der Waals surface area (Å²) in [5, 5.41) is 44.5. The van der Waals surface area contributed by atoms with E-state index in [0.717, 1.165) is 0 Å². The van der Waals surface area contributed by atoms with Crippen LogP contribution in [-0.4, -0.2) is 82.6 Å². The Morgan fingerprint density at radius 3 is 2.26 bits per heavy atom. The summed E-state index contributed by atoms with van der Waals surface area (Å²) in [5.74, 6) is -7.07. The zero-order chi connectivity index (χ0) is 26.3. The number of nitrogens with two attached hydrogens (primary N) is 2. The number of benzene rings is 1. The maximum Gasteiger partial charge on any atom is 0.255 e. The SMILES string of the molecule is CN(C)c1c(Br)c(N)c(O)c2c1CC1CC3[C@H](N(C)C)C(=O)C(C(N)=O)=C(O)C3(O)C(=O)C1=C2O. The lowest BCUT2D eigenvalue weighted by molar-refractivity contribution is -0.153. The summed E-state index contributed by atoms with van der Waals surface area (Å²) in [4.78, 5) is 42.1. The Morgan fingerprint density at radius 2 is 1.74 bits per heavy atom. The van der Waals surface area contributed by atoms with Gasteiger partial charge < -0.3 is 36.8 Å². The number of rotatable bonds is 3. The molecule has 0 spiro atoms. The van der Waals surface area contributed by atoms with Gasteiger partial charge in [0.25, 0.3) is 5.91 Å². The minimum atomic E-state index is -2.68. The van der Waals surface area contributed by atoms with Gasteiger partial charge in [-0.1, -0.05) is 0 Å². The minimum absolute atomic E-state index is 0.0153. The Balaban J connectivity index is 2.03. The molecule has 1 aromatic carbocycles. The van der Waals surface area contributed by atoms with E-state index in [2.05, 4.69) is 15.9 Å². The Kier molecular flexibility index (Phi) is 5.70. The molecule has 1 fully saturated rings. The van der Waals surface area contributed by atoms with Gasteiger partial charge in [-0.2, -0.15) is 0 Å². The molecule has 1 amide bonds. The van der Waals surface area contributed by atoms with Crippen LogP contribution in [0.25, 0.3) is 5.76 Å². The highest BCUT2D eigenvalue weighted by Crippen LogP contribution is 2.55. The second-order valence-corrected chi connectivity index (χ2v) is 10.4. The Hall–Kier alpha value is -3.09. The van der Waals surface area contributed by atoms with Crippen molar-refractivity contribution in [2.45, 2.75) is 24.5 Å². The van der Waals surface area contributed by atoms with E-state index < -0.39 is 63.8 Å². The van der Waals surface area contributed by atoms with E-state index in [-0.39, 0.29) is 29.7 Å². The molecule has 0 heterocycles. The van der Waals surface area contributed by atoms with E-state index in [1.165, 1.54) is 4.90 Å². The molecule has 0 saturated heterocycles. The zero-order valence-corrected chi connectivity index (χ0v) is 21.2. The standard InChI is InChI=1S/C23H27BrN4O7/c1-27(2)15-8-5-7-6-9-16(28(3)4)19(31)12(22(26)34)21(33)23(9,35)20(32)10(7)17(29)11(8)18(30)14(25)13(15)24/h7,9,16,29-30,33,35H,5-6,25H2,1-4H3,(H2,26,34)/t7?,9?,16-,23?/m0/s1. The molecule has 1 aromatic rings. The fourth-order valence-corrected chi connectivity index (χ4v) is 6.59. The van der Waals surface area contributed by atoms with E-state index in [0.29, 0.717) is 15.7 Å². The number of fused-ring (bicyclic) bond motifs is 3. The number of primary amides is 1. The minimum Gasteiger partial charge on any atom is -0.508 e. The molecule has 3 unspecified atom stereocenters. The monoisotopic (exact) mass is 550 g/mol. The number of carbonyl (C=O) groups excluding carboxylic acids is 3. The van der Waals surface area contributed by atoms with Crippen molar-refractivity contribution in [3.05, 3.63) is 32.5 Å². The van der Waals surface area contributed by atoms with Crippen LogP contribution in [0.1, 0.15) is 17.5 Å². The number of Topliss-reactive ketones (excluding diaryl/α,β-unsaturated/α-hetero) is 2. The number of aromatic hydroxyl groups is 1. The van der Waals surface area contributed by atoms with Crippen LogP contribution >= 0.6 is 15.9 Å². The van der Waals surface area contributed by atoms with Gasteiger partial charge in [0, 0.05) is 25.6 Å². The van der Waals surface area contributed by atoms with Crippen molar-refractivity contribution in [2.24, 2.45) is 17.6 Å². The summed E-state index contributed by atoms with van der Waals surface area (Å²) in [6.07, 6.45) is 0.190. The van der Waals surface area contributed by atoms with Crippen molar-refractivity contribution in [2.75, 3.05) is 38.8 Å². The average molecular weight is 551 g/mol. The van der Waals surface area contributed by atoms with Gasteiger partial charge in [0.15, 0.2) is 17.1 Å². The highest BCUT2D eigenvalue weighted by atomic mass is 79.9. The first-order chi connectivity index (χ1) is 16.2. The maximum absolute atomic E-state index is 13.8. The third-order valence-corrected chi connectivity index (χ3v) is 8.09. The maximum atomic E-state index is 13.8. The van der Waals surface area contributed by atoms with E-state index in [1.807, 2.05) is 0 Å². The Bertz CT molecular complexity index is 1270. The number of hydrogen-bond donors (Lipinski definition) is 6. The lowest BCUT2D eigenvalue weighted by atomic mass is 9.57. The van der Waals surface area contributed by atoms with E-state index in [4.69, 9.17) is 11.5 Å². The second-order valence-electron chi connectivity index (χ2n) is 9.63. The summed E-state index contributed by atoms with van der Waals surface area (Å²) in [6, 6.07) is -1.13. The van der Waals surface area contributed by atoms with Gasteiger partial charge in [-0.05, 0) is 54.3 Å². The van der Waals surface area contributed by atoms with Crippen molar-refractivity contribution >= 4 is 50.5 Å². The second kappa shape index (κ2) is 7.97. The van der Waals surface area contributed by atoms with Crippen molar-refractivity contribution < 1.29 is 34.8 Å². The number of anilines is 2. The van der Waals surface area contributed by atoms with Gasteiger partial charge >= 0.3 is 0 Å². The van der Waals surface area contributed by atoms with Crippen LogP contribution in [0.4, 0.5) is 11.4 Å². The topological polar surface area (TPSA) is 191 Å². The van der Waals surface area contributed by atoms with Crippen LogP contribution in [0.15, 0.2) is 21.4 Å². The largest absolute Gasteiger partial charge is 0.508 e. The third-order valence-electron chi connectivity index (χ3n) is 7.28. The van der Waals surface area contributed by atoms with Gasteiger partial charge in [0.1, 0.15) is 17.1 Å². The number of nitrogens with zero attached hydrogens (tertiary/aromatic N) is 2. The third kappa shape index (κ3) is 3.13. The van der Waals surface area contributed by atoms with Crippen LogP contribution in [0.2, 0.25) is 0 Å². The predicted molar refractivity (Wildman–Crippen MR) is 131 cm³/mol. The van der Waals surface area contributed by atoms with E-state index in [9.17, 15) is 34.8 Å². The van der Waals surface area contributed by atoms with Crippen LogP contribution in [0.5, 0.6) is 5.75 Å². The molecule has 12 heteroatoms. The number of carbonyl (C=O) groups is 3. The normalized spacial score (nSPS) is 28.1. The molecule has 4 atom stereocenters. The van der Waals surface area contributed by atoms with Crippen molar-refractivity contribution in [1.82, 2.24) is 4.90 Å². The number of phenolic OH excluding ortho intramolecular Hbond substituents is 1. The molecule has 0 aromatic heterocycles. The summed E-state index contributed by atoms with van der Waals surface area (Å²) in [6.45, 7) is 0. The molecule has 35 heavy (non-hydrogen) atoms. The zero-order valence-electron chi connectivity index (χ0n) is 19.6. The summed E-state index contributed by atoms with van der Waals surface area (Å²) in [5.41, 5.74) is 8.64. The van der Waals surface area contributed by atoms with Crippen molar-refractivity contribution in [1.29, 1.82) is 0 Å². The summed E-state index contributed by atoms with van der Waals surface area (Å²) < 4.78 is 0.416. The first-order valence-electron chi connectivity index (χ1n) is 10.8. The quantitative estimate of drug-likeness (QED) is 0.174. The molecular weight excluding hydrogens is 524 g/mol. The fourth-order valence-electron chi connectivity index (χ4n) is 5.81. The molecule has 3 aliphatic rings. The molecular formula is C23H27BrN4O7. The first kappa shape index (κ1) is 25.0. The highest BCUT2D eigenvalue weighted by Gasteiger charge is 2.64. The first-order valence-corrected chi connectivity index (χ1v) is 11.6. The van der Waals surface area contributed by atoms with Gasteiger partial charge in [0.2, 0.25) is 5.78 Å². The number of amides is 1. The molecule has 188 valence electrons. The van der Waals surface area contributed by atoms with Gasteiger partial charge in [-0.3, -0.25) is 19.3 Å². The molecule has 8 N–H and O–H groups in total. The van der Waals surface area contributed by atoms with Crippen LogP contribution < -0.4 is 16.4 Å². The van der Waals surface area contributed by atoms with Crippen LogP contribution in [-0.2, 0) is 20.8 Å². The summed E-state index contributed by atoms with van der Waals surface area (Å²) >= 11 is 3.39. The van der Waals surface area contributed by atoms with E-state index >= 15 is 0 Å². The number of nitrogen functional groups attached to an aromatic ring is 1. The fraction of sp³-hybridized carbons (Fsp3) is 0.435. The number of hydrogen-bond acceptors (Lipinski definition) is 10. The van der Waals surface area contributed by atoms with Gasteiger partial charge in [-0.15, -0.1) is 0 Å². The lowest BCUT2D eigenvalue weighted by Gasteiger charge is -2.50. The molecule has 3 aliphatic carbocycles. The smallest absolute Gasteiger partial charge is 0.255 e. The average Bonchev–Trinajstić information content (AvgIpc) is 2.74. The molecule has 4 rings (SSSR count). The predicted octanol–water partition coefficient (Wildman–Crippen LogP) is 0.375. The number of halogens is 1. The molecule has 0 bridgehead atoms. The lowest BCUT2D eigenvalue weighted by Crippen LogP contribution is -2.65. The van der Waals surface area contributed by atoms with Gasteiger partial charge in [-0.25, -0.2) is 0 Å². The van der Waals surface area contributed by atoms with E-state index in [1.54, 1.807) is 33.1 Å². The number of aliphatic hydroxyl groups excluding tert-OH is 2. The summed E-state index contributed by atoms with van der Waals surface area (Å²) in [7, 11) is 6.62. The molecule has 1 saturated carbocycles. The molecule has 0 aliphatic heterocycles. The Morgan fingerprint density at radius 1 is 1.14 bits per heavy atom. The Labute approximate surface area is 209 Å². The number of phenols is 1. The number of aliphatic hydroxyl groups is 3. The molecule has 0 radical (unpaired) electrons.